The van der Waals surface area contributed by atoms with Gasteiger partial charge in [-0.2, -0.15) is 0 Å². The van der Waals surface area contributed by atoms with Crippen LogP contribution in [0.15, 0.2) is 0 Å². The molecule has 0 N–H and O–H groups in total. The monoisotopic (exact) mass is 169 g/mol. The van der Waals surface area contributed by atoms with Gasteiger partial charge in [-0.1, -0.05) is 12.8 Å². The highest BCUT2D eigenvalue weighted by molar-refractivity contribution is 5.79. The Morgan fingerprint density at radius 2 is 1.83 bits per heavy atom. The molecule has 0 spiro atoms. The van der Waals surface area contributed by atoms with Crippen LogP contribution in [0.3, 0.4) is 0 Å². The third kappa shape index (κ3) is 2.07. The van der Waals surface area contributed by atoms with Crippen LogP contribution in [0.2, 0.25) is 0 Å². The zero-order chi connectivity index (χ0) is 9.14. The first-order chi connectivity index (χ1) is 5.63. The number of hydrogen-bond donors (Lipinski definition) is 0. The average molecular weight is 169 g/mol. The van der Waals surface area contributed by atoms with Crippen molar-refractivity contribution < 1.29 is 4.79 Å². The predicted octanol–water partition coefficient (Wildman–Crippen LogP) is 1.70. The molecule has 0 bridgehead atoms. The van der Waals surface area contributed by atoms with Gasteiger partial charge in [-0.3, -0.25) is 4.79 Å². The van der Waals surface area contributed by atoms with Crippen LogP contribution in [0.4, 0.5) is 0 Å². The minimum Gasteiger partial charge on any atom is -0.306 e. The van der Waals surface area contributed by atoms with E-state index in [1.807, 2.05) is 0 Å². The topological polar surface area (TPSA) is 20.3 Å². The van der Waals surface area contributed by atoms with Crippen molar-refractivity contribution in [3.8, 4) is 0 Å². The van der Waals surface area contributed by atoms with Crippen LogP contribution in [0.25, 0.3) is 0 Å². The van der Waals surface area contributed by atoms with E-state index in [9.17, 15) is 4.79 Å². The van der Waals surface area contributed by atoms with Gasteiger partial charge in [0.05, 0.1) is 0 Å². The second kappa shape index (κ2) is 4.04. The highest BCUT2D eigenvalue weighted by atomic mass is 16.1. The first-order valence-corrected chi connectivity index (χ1v) is 4.80. The zero-order valence-corrected chi connectivity index (χ0v) is 8.34. The second-order valence-electron chi connectivity index (χ2n) is 4.03. The third-order valence-corrected chi connectivity index (χ3v) is 2.91. The van der Waals surface area contributed by atoms with Gasteiger partial charge < -0.3 is 4.90 Å². The lowest BCUT2D eigenvalue weighted by Gasteiger charge is -2.34. The smallest absolute Gasteiger partial charge is 0.134 e. The van der Waals surface area contributed by atoms with Crippen molar-refractivity contribution in [2.24, 2.45) is 5.92 Å². The van der Waals surface area contributed by atoms with Crippen molar-refractivity contribution in [2.75, 3.05) is 14.1 Å². The van der Waals surface area contributed by atoms with Gasteiger partial charge in [0.25, 0.3) is 0 Å². The van der Waals surface area contributed by atoms with E-state index >= 15 is 0 Å². The number of hydrogen-bond acceptors (Lipinski definition) is 2. The van der Waals surface area contributed by atoms with Crippen molar-refractivity contribution in [1.82, 2.24) is 4.90 Å². The van der Waals surface area contributed by atoms with Crippen LogP contribution in [-0.2, 0) is 4.79 Å². The molecule has 0 aromatic heterocycles. The molecule has 0 unspecified atom stereocenters. The molecule has 0 amide bonds. The molecule has 0 saturated heterocycles. The number of ketones is 1. The van der Waals surface area contributed by atoms with Gasteiger partial charge in [0.1, 0.15) is 5.78 Å². The third-order valence-electron chi connectivity index (χ3n) is 2.91. The zero-order valence-electron chi connectivity index (χ0n) is 8.34. The average Bonchev–Trinajstić information content (AvgIpc) is 2.04. The summed E-state index contributed by atoms with van der Waals surface area (Å²) >= 11 is 0. The first-order valence-electron chi connectivity index (χ1n) is 4.80. The van der Waals surface area contributed by atoms with Gasteiger partial charge in [0.2, 0.25) is 0 Å². The Morgan fingerprint density at radius 1 is 1.25 bits per heavy atom. The predicted molar refractivity (Wildman–Crippen MR) is 50.1 cm³/mol. The largest absolute Gasteiger partial charge is 0.306 e. The lowest BCUT2D eigenvalue weighted by molar-refractivity contribution is -0.123. The van der Waals surface area contributed by atoms with Crippen LogP contribution in [0.1, 0.15) is 32.6 Å². The van der Waals surface area contributed by atoms with E-state index in [1.54, 1.807) is 6.92 Å². The molecular weight excluding hydrogens is 150 g/mol. The second-order valence-corrected chi connectivity index (χ2v) is 4.03. The molecule has 1 fully saturated rings. The van der Waals surface area contributed by atoms with E-state index in [-0.39, 0.29) is 0 Å². The van der Waals surface area contributed by atoms with Crippen LogP contribution < -0.4 is 0 Å². The number of rotatable bonds is 2. The Hall–Kier alpha value is -0.370. The number of carbonyl (C=O) groups is 1. The minimum absolute atomic E-state index is 0.300. The van der Waals surface area contributed by atoms with Crippen molar-refractivity contribution in [1.29, 1.82) is 0 Å². The molecule has 12 heavy (non-hydrogen) atoms. The summed E-state index contributed by atoms with van der Waals surface area (Å²) in [5, 5.41) is 0. The molecule has 70 valence electrons. The molecule has 1 aliphatic carbocycles. The summed E-state index contributed by atoms with van der Waals surface area (Å²) in [7, 11) is 4.15. The Labute approximate surface area is 74.9 Å². The fraction of sp³-hybridized carbons (Fsp3) is 0.900. The molecule has 0 aliphatic heterocycles. The van der Waals surface area contributed by atoms with Gasteiger partial charge in [0, 0.05) is 12.0 Å². The van der Waals surface area contributed by atoms with Crippen molar-refractivity contribution in [2.45, 2.75) is 38.6 Å². The van der Waals surface area contributed by atoms with Gasteiger partial charge in [0.15, 0.2) is 0 Å². The highest BCUT2D eigenvalue weighted by Gasteiger charge is 2.29. The standard InChI is InChI=1S/C10H19NO/c1-8(12)9-6-4-5-7-10(9)11(2)3/h9-10H,4-7H2,1-3H3/t9-,10-/m0/s1. The van der Waals surface area contributed by atoms with E-state index in [1.165, 1.54) is 19.3 Å². The first kappa shape index (κ1) is 9.72. The lowest BCUT2D eigenvalue weighted by atomic mass is 9.81. The summed E-state index contributed by atoms with van der Waals surface area (Å²) in [5.74, 6) is 0.669. The van der Waals surface area contributed by atoms with E-state index in [0.717, 1.165) is 6.42 Å². The van der Waals surface area contributed by atoms with Crippen molar-refractivity contribution >= 4 is 5.78 Å². The molecule has 0 radical (unpaired) electrons. The summed E-state index contributed by atoms with van der Waals surface area (Å²) in [4.78, 5) is 13.5. The van der Waals surface area contributed by atoms with Gasteiger partial charge in [-0.25, -0.2) is 0 Å². The van der Waals surface area contributed by atoms with Crippen molar-refractivity contribution in [3.05, 3.63) is 0 Å². The maximum Gasteiger partial charge on any atom is 0.134 e. The molecule has 0 heterocycles. The maximum atomic E-state index is 11.3. The number of nitrogens with zero attached hydrogens (tertiary/aromatic N) is 1. The van der Waals surface area contributed by atoms with Crippen LogP contribution in [0.5, 0.6) is 0 Å². The molecule has 2 atom stereocenters. The molecule has 1 aliphatic rings. The molecule has 0 aromatic carbocycles. The normalized spacial score (nSPS) is 30.7. The van der Waals surface area contributed by atoms with Gasteiger partial charge in [-0.15, -0.1) is 0 Å². The Kier molecular flexibility index (Phi) is 3.27. The summed E-state index contributed by atoms with van der Waals surface area (Å²) in [5.41, 5.74) is 0. The molecule has 1 rings (SSSR count). The van der Waals surface area contributed by atoms with E-state index in [0.29, 0.717) is 17.7 Å². The molecular formula is C10H19NO. The van der Waals surface area contributed by atoms with Crippen molar-refractivity contribution in [3.63, 3.8) is 0 Å². The summed E-state index contributed by atoms with van der Waals surface area (Å²) in [6.45, 7) is 1.73. The van der Waals surface area contributed by atoms with Crippen LogP contribution >= 0.6 is 0 Å². The summed E-state index contributed by atoms with van der Waals surface area (Å²) in [6, 6.07) is 0.497. The highest BCUT2D eigenvalue weighted by Crippen LogP contribution is 2.27. The molecule has 0 aromatic rings. The maximum absolute atomic E-state index is 11.3. The molecule has 2 heteroatoms. The summed E-state index contributed by atoms with van der Waals surface area (Å²) < 4.78 is 0. The Bertz CT molecular complexity index is 165. The quantitative estimate of drug-likeness (QED) is 0.627. The fourth-order valence-electron chi connectivity index (χ4n) is 2.20. The van der Waals surface area contributed by atoms with Gasteiger partial charge in [-0.05, 0) is 33.9 Å². The van der Waals surface area contributed by atoms with E-state index in [4.69, 9.17) is 0 Å². The number of Topliss-reactive ketones (excluding diaryl/α,β-unsaturated/α-hetero) is 1. The number of carbonyl (C=O) groups excluding carboxylic acids is 1. The van der Waals surface area contributed by atoms with Crippen LogP contribution in [-0.4, -0.2) is 30.8 Å². The van der Waals surface area contributed by atoms with E-state index < -0.39 is 0 Å². The Morgan fingerprint density at radius 3 is 2.25 bits per heavy atom. The SMILES string of the molecule is CC(=O)[C@@H]1CCCC[C@@H]1N(C)C. The minimum atomic E-state index is 0.300. The molecule has 2 nitrogen and oxygen atoms in total. The van der Waals surface area contributed by atoms with E-state index in [2.05, 4.69) is 19.0 Å². The lowest BCUT2D eigenvalue weighted by Crippen LogP contribution is -2.40. The fourth-order valence-corrected chi connectivity index (χ4v) is 2.20. The van der Waals surface area contributed by atoms with Crippen LogP contribution in [0, 0.1) is 5.92 Å². The Balaban J connectivity index is 2.60. The molecule has 1 saturated carbocycles. The van der Waals surface area contributed by atoms with Gasteiger partial charge >= 0.3 is 0 Å². The summed E-state index contributed by atoms with van der Waals surface area (Å²) in [6.07, 6.45) is 4.80.